The third-order valence-corrected chi connectivity index (χ3v) is 4.63. The van der Waals surface area contributed by atoms with Crippen LogP contribution in [0.3, 0.4) is 0 Å². The van der Waals surface area contributed by atoms with Crippen molar-refractivity contribution in [3.63, 3.8) is 0 Å². The zero-order valence-corrected chi connectivity index (χ0v) is 14.4. The van der Waals surface area contributed by atoms with Crippen LogP contribution in [0, 0.1) is 18.8 Å². The molecule has 0 atom stereocenters. The lowest BCUT2D eigenvalue weighted by Gasteiger charge is -2.28. The van der Waals surface area contributed by atoms with E-state index in [1.165, 1.54) is 25.9 Å². The molecule has 1 aromatic carbocycles. The molecule has 0 saturated carbocycles. The third-order valence-electron chi connectivity index (χ3n) is 4.63. The average Bonchev–Trinajstić information content (AvgIpc) is 2.50. The van der Waals surface area contributed by atoms with Crippen LogP contribution in [0.25, 0.3) is 0 Å². The summed E-state index contributed by atoms with van der Waals surface area (Å²) in [6.45, 7) is 9.00. The van der Waals surface area contributed by atoms with E-state index in [0.29, 0.717) is 0 Å². The number of ketones is 1. The van der Waals surface area contributed by atoms with Gasteiger partial charge in [0, 0.05) is 11.5 Å². The highest BCUT2D eigenvalue weighted by Crippen LogP contribution is 2.23. The summed E-state index contributed by atoms with van der Waals surface area (Å²) in [5.41, 5.74) is 1.83. The fourth-order valence-corrected chi connectivity index (χ4v) is 2.96. The van der Waals surface area contributed by atoms with Crippen LogP contribution in [-0.4, -0.2) is 37.4 Å². The average molecular weight is 303 g/mol. The summed E-state index contributed by atoms with van der Waals surface area (Å²) in [6, 6.07) is 5.87. The van der Waals surface area contributed by atoms with Gasteiger partial charge in [0.25, 0.3) is 0 Å². The van der Waals surface area contributed by atoms with Crippen molar-refractivity contribution in [3.05, 3.63) is 29.3 Å². The van der Waals surface area contributed by atoms with Crippen molar-refractivity contribution in [1.29, 1.82) is 0 Å². The largest absolute Gasteiger partial charge is 0.494 e. The van der Waals surface area contributed by atoms with Crippen molar-refractivity contribution < 1.29 is 9.53 Å². The summed E-state index contributed by atoms with van der Waals surface area (Å²) in [7, 11) is 2.19. The molecule has 0 bridgehead atoms. The number of hydrogen-bond donors (Lipinski definition) is 0. The van der Waals surface area contributed by atoms with E-state index in [4.69, 9.17) is 4.74 Å². The fourth-order valence-electron chi connectivity index (χ4n) is 2.96. The molecule has 0 unspecified atom stereocenters. The summed E-state index contributed by atoms with van der Waals surface area (Å²) in [4.78, 5) is 14.6. The first-order valence-electron chi connectivity index (χ1n) is 8.43. The van der Waals surface area contributed by atoms with Gasteiger partial charge in [0.15, 0.2) is 5.78 Å². The van der Waals surface area contributed by atoms with E-state index in [9.17, 15) is 4.79 Å². The predicted molar refractivity (Wildman–Crippen MR) is 90.7 cm³/mol. The lowest BCUT2D eigenvalue weighted by Crippen LogP contribution is -2.30. The topological polar surface area (TPSA) is 29.5 Å². The maximum atomic E-state index is 12.2. The number of carbonyl (C=O) groups is 1. The number of benzene rings is 1. The van der Waals surface area contributed by atoms with Crippen LogP contribution < -0.4 is 4.74 Å². The Kier molecular flexibility index (Phi) is 6.01. The molecule has 1 saturated heterocycles. The van der Waals surface area contributed by atoms with E-state index in [0.717, 1.165) is 35.8 Å². The van der Waals surface area contributed by atoms with E-state index in [1.807, 2.05) is 39.0 Å². The van der Waals surface area contributed by atoms with Crippen LogP contribution in [0.4, 0.5) is 0 Å². The normalized spacial score (nSPS) is 17.0. The number of aryl methyl sites for hydroxylation is 1. The molecule has 0 N–H and O–H groups in total. The van der Waals surface area contributed by atoms with Crippen LogP contribution in [0.2, 0.25) is 0 Å². The quantitative estimate of drug-likeness (QED) is 0.745. The molecule has 3 nitrogen and oxygen atoms in total. The number of likely N-dealkylation sites (tertiary alicyclic amines) is 1. The molecule has 2 rings (SSSR count). The summed E-state index contributed by atoms with van der Waals surface area (Å²) in [5.74, 6) is 1.81. The Balaban J connectivity index is 1.88. The van der Waals surface area contributed by atoms with Gasteiger partial charge in [-0.3, -0.25) is 4.79 Å². The minimum absolute atomic E-state index is 0.0215. The molecule has 1 fully saturated rings. The number of ether oxygens (including phenoxy) is 1. The van der Waals surface area contributed by atoms with E-state index in [1.54, 1.807) is 0 Å². The lowest BCUT2D eigenvalue weighted by molar-refractivity contribution is 0.0938. The van der Waals surface area contributed by atoms with Gasteiger partial charge >= 0.3 is 0 Å². The highest BCUT2D eigenvalue weighted by molar-refractivity contribution is 5.99. The van der Waals surface area contributed by atoms with Crippen LogP contribution in [0.5, 0.6) is 5.75 Å². The van der Waals surface area contributed by atoms with Crippen LogP contribution in [0.15, 0.2) is 18.2 Å². The molecular formula is C19H29NO2. The summed E-state index contributed by atoms with van der Waals surface area (Å²) in [5, 5.41) is 0. The molecular weight excluding hydrogens is 274 g/mol. The van der Waals surface area contributed by atoms with E-state index in [2.05, 4.69) is 11.9 Å². The minimum Gasteiger partial charge on any atom is -0.494 e. The molecule has 22 heavy (non-hydrogen) atoms. The van der Waals surface area contributed by atoms with Crippen LogP contribution >= 0.6 is 0 Å². The molecule has 3 heteroatoms. The first-order chi connectivity index (χ1) is 10.5. The Bertz CT molecular complexity index is 502. The number of Topliss-reactive ketones (excluding diaryl/α,β-unsaturated/α-hetero) is 1. The highest BCUT2D eigenvalue weighted by atomic mass is 16.5. The molecule has 1 heterocycles. The lowest BCUT2D eigenvalue weighted by atomic mass is 9.94. The van der Waals surface area contributed by atoms with Crippen LogP contribution in [0.1, 0.15) is 49.0 Å². The molecule has 0 radical (unpaired) electrons. The number of carbonyl (C=O) groups excluding carboxylic acids is 1. The monoisotopic (exact) mass is 303 g/mol. The molecule has 1 aromatic rings. The maximum absolute atomic E-state index is 12.2. The van der Waals surface area contributed by atoms with Gasteiger partial charge in [-0.1, -0.05) is 19.9 Å². The number of hydrogen-bond acceptors (Lipinski definition) is 3. The molecule has 0 aromatic heterocycles. The second-order valence-electron chi connectivity index (χ2n) is 6.88. The van der Waals surface area contributed by atoms with Gasteiger partial charge in [-0.2, -0.15) is 0 Å². The van der Waals surface area contributed by atoms with Crippen LogP contribution in [-0.2, 0) is 0 Å². The Morgan fingerprint density at radius 1 is 1.32 bits per heavy atom. The van der Waals surface area contributed by atoms with Crippen molar-refractivity contribution >= 4 is 5.78 Å². The van der Waals surface area contributed by atoms with Crippen molar-refractivity contribution in [3.8, 4) is 5.75 Å². The first-order valence-corrected chi connectivity index (χ1v) is 8.43. The Labute approximate surface area is 134 Å². The van der Waals surface area contributed by atoms with Gasteiger partial charge in [-0.15, -0.1) is 0 Å². The SMILES string of the molecule is Cc1ccc(OCCC2CCN(C)CC2)cc1C(=O)C(C)C. The molecule has 122 valence electrons. The molecule has 0 spiro atoms. The van der Waals surface area contributed by atoms with E-state index < -0.39 is 0 Å². The smallest absolute Gasteiger partial charge is 0.165 e. The van der Waals surface area contributed by atoms with Gasteiger partial charge in [-0.05, 0) is 69.9 Å². The maximum Gasteiger partial charge on any atom is 0.165 e. The summed E-state index contributed by atoms with van der Waals surface area (Å²) in [6.07, 6.45) is 3.64. The second kappa shape index (κ2) is 7.77. The Morgan fingerprint density at radius 3 is 2.64 bits per heavy atom. The summed E-state index contributed by atoms with van der Waals surface area (Å²) >= 11 is 0. The second-order valence-corrected chi connectivity index (χ2v) is 6.88. The molecule has 1 aliphatic heterocycles. The summed E-state index contributed by atoms with van der Waals surface area (Å²) < 4.78 is 5.90. The number of piperidine rings is 1. The van der Waals surface area contributed by atoms with Gasteiger partial charge < -0.3 is 9.64 Å². The van der Waals surface area contributed by atoms with Gasteiger partial charge in [-0.25, -0.2) is 0 Å². The first kappa shape index (κ1) is 17.0. The Hall–Kier alpha value is -1.35. The van der Waals surface area contributed by atoms with Crippen molar-refractivity contribution in [2.45, 2.75) is 40.0 Å². The zero-order valence-electron chi connectivity index (χ0n) is 14.4. The van der Waals surface area contributed by atoms with E-state index in [-0.39, 0.29) is 11.7 Å². The van der Waals surface area contributed by atoms with Gasteiger partial charge in [0.2, 0.25) is 0 Å². The highest BCUT2D eigenvalue weighted by Gasteiger charge is 2.17. The fraction of sp³-hybridized carbons (Fsp3) is 0.632. The number of nitrogens with zero attached hydrogens (tertiary/aromatic N) is 1. The molecule has 0 aliphatic carbocycles. The van der Waals surface area contributed by atoms with Crippen molar-refractivity contribution in [1.82, 2.24) is 4.90 Å². The zero-order chi connectivity index (χ0) is 16.1. The standard InChI is InChI=1S/C19H29NO2/c1-14(2)19(21)18-13-17(6-5-15(18)3)22-12-9-16-7-10-20(4)11-8-16/h5-6,13-14,16H,7-12H2,1-4H3. The molecule has 1 aliphatic rings. The van der Waals surface area contributed by atoms with E-state index >= 15 is 0 Å². The molecule has 0 amide bonds. The van der Waals surface area contributed by atoms with Gasteiger partial charge in [0.05, 0.1) is 6.61 Å². The van der Waals surface area contributed by atoms with Crippen molar-refractivity contribution in [2.24, 2.45) is 11.8 Å². The third kappa shape index (κ3) is 4.57. The Morgan fingerprint density at radius 2 is 2.00 bits per heavy atom. The van der Waals surface area contributed by atoms with Crippen molar-refractivity contribution in [2.75, 3.05) is 26.7 Å². The predicted octanol–water partition coefficient (Wildman–Crippen LogP) is 3.94. The van der Waals surface area contributed by atoms with Gasteiger partial charge in [0.1, 0.15) is 5.75 Å². The number of rotatable bonds is 6. The minimum atomic E-state index is 0.0215.